The van der Waals surface area contributed by atoms with Gasteiger partial charge in [-0.3, -0.25) is 0 Å². The summed E-state index contributed by atoms with van der Waals surface area (Å²) < 4.78 is 0. The van der Waals surface area contributed by atoms with Crippen molar-refractivity contribution in [3.05, 3.63) is 58.7 Å². The predicted molar refractivity (Wildman–Crippen MR) is 84.9 cm³/mol. The lowest BCUT2D eigenvalue weighted by atomic mass is 10.2. The first-order valence-corrected chi connectivity index (χ1v) is 7.15. The second-order valence-electron chi connectivity index (χ2n) is 5.01. The van der Waals surface area contributed by atoms with Crippen LogP contribution < -0.4 is 10.6 Å². The Hall–Kier alpha value is -1.58. The first kappa shape index (κ1) is 14.8. The highest BCUT2D eigenvalue weighted by atomic mass is 35.5. The maximum Gasteiger partial charge on any atom is 0.129 e. The molecule has 1 aromatic heterocycles. The average molecular weight is 290 g/mol. The van der Waals surface area contributed by atoms with Gasteiger partial charge in [0.15, 0.2) is 0 Å². The zero-order valence-corrected chi connectivity index (χ0v) is 12.6. The largest absolute Gasteiger partial charge is 0.350 e. The molecule has 2 aromatic rings. The maximum absolute atomic E-state index is 6.08. The number of pyridine rings is 1. The SMILES string of the molecule is CC(C)N(Cc1ccccc1)c1ccc(Cl)c(CN)n1. The number of nitrogens with zero attached hydrogens (tertiary/aromatic N) is 2. The van der Waals surface area contributed by atoms with Gasteiger partial charge in [-0.25, -0.2) is 4.98 Å². The van der Waals surface area contributed by atoms with Gasteiger partial charge in [0.25, 0.3) is 0 Å². The molecule has 1 aromatic carbocycles. The fraction of sp³-hybridized carbons (Fsp3) is 0.312. The highest BCUT2D eigenvalue weighted by molar-refractivity contribution is 6.31. The van der Waals surface area contributed by atoms with E-state index in [-0.39, 0.29) is 0 Å². The van der Waals surface area contributed by atoms with Gasteiger partial charge in [-0.15, -0.1) is 0 Å². The second kappa shape index (κ2) is 6.73. The number of nitrogens with two attached hydrogens (primary N) is 1. The minimum Gasteiger partial charge on any atom is -0.350 e. The highest BCUT2D eigenvalue weighted by Crippen LogP contribution is 2.22. The topological polar surface area (TPSA) is 42.1 Å². The molecule has 0 atom stereocenters. The van der Waals surface area contributed by atoms with Crippen molar-refractivity contribution in [3.63, 3.8) is 0 Å². The van der Waals surface area contributed by atoms with Crippen LogP contribution in [0.4, 0.5) is 5.82 Å². The molecule has 0 radical (unpaired) electrons. The van der Waals surface area contributed by atoms with Crippen molar-refractivity contribution >= 4 is 17.4 Å². The quantitative estimate of drug-likeness (QED) is 0.914. The Morgan fingerprint density at radius 1 is 1.15 bits per heavy atom. The Labute approximate surface area is 125 Å². The molecule has 1 heterocycles. The molecule has 0 aliphatic rings. The smallest absolute Gasteiger partial charge is 0.129 e. The van der Waals surface area contributed by atoms with E-state index in [1.54, 1.807) is 0 Å². The Kier molecular flexibility index (Phi) is 4.99. The summed E-state index contributed by atoms with van der Waals surface area (Å²) >= 11 is 6.08. The van der Waals surface area contributed by atoms with Crippen LogP contribution in [-0.4, -0.2) is 11.0 Å². The molecule has 0 spiro atoms. The van der Waals surface area contributed by atoms with E-state index in [2.05, 4.69) is 48.0 Å². The van der Waals surface area contributed by atoms with Gasteiger partial charge in [0.1, 0.15) is 5.82 Å². The van der Waals surface area contributed by atoms with Gasteiger partial charge >= 0.3 is 0 Å². The molecule has 3 nitrogen and oxygen atoms in total. The number of hydrogen-bond acceptors (Lipinski definition) is 3. The van der Waals surface area contributed by atoms with Crippen LogP contribution >= 0.6 is 11.6 Å². The maximum atomic E-state index is 6.08. The summed E-state index contributed by atoms with van der Waals surface area (Å²) in [5, 5.41) is 0.625. The normalized spacial score (nSPS) is 10.8. The zero-order valence-electron chi connectivity index (χ0n) is 11.9. The molecule has 20 heavy (non-hydrogen) atoms. The van der Waals surface area contributed by atoms with E-state index in [9.17, 15) is 0 Å². The van der Waals surface area contributed by atoms with E-state index in [1.165, 1.54) is 5.56 Å². The van der Waals surface area contributed by atoms with Crippen LogP contribution in [-0.2, 0) is 13.1 Å². The predicted octanol–water partition coefficient (Wildman–Crippen LogP) is 3.61. The number of halogens is 1. The van der Waals surface area contributed by atoms with Crippen molar-refractivity contribution in [2.45, 2.75) is 33.0 Å². The Morgan fingerprint density at radius 3 is 2.45 bits per heavy atom. The lowest BCUT2D eigenvalue weighted by Crippen LogP contribution is -2.31. The van der Waals surface area contributed by atoms with E-state index < -0.39 is 0 Å². The van der Waals surface area contributed by atoms with E-state index in [0.29, 0.717) is 17.6 Å². The van der Waals surface area contributed by atoms with Crippen LogP contribution in [0.1, 0.15) is 25.1 Å². The molecular formula is C16H20ClN3. The molecule has 0 bridgehead atoms. The molecule has 0 unspecified atom stereocenters. The van der Waals surface area contributed by atoms with Crippen molar-refractivity contribution < 1.29 is 0 Å². The number of benzene rings is 1. The van der Waals surface area contributed by atoms with Gasteiger partial charge in [0, 0.05) is 19.1 Å². The third kappa shape index (κ3) is 3.50. The molecule has 0 fully saturated rings. The zero-order chi connectivity index (χ0) is 14.5. The van der Waals surface area contributed by atoms with Gasteiger partial charge in [0.05, 0.1) is 10.7 Å². The van der Waals surface area contributed by atoms with Crippen molar-refractivity contribution in [3.8, 4) is 0 Å². The van der Waals surface area contributed by atoms with E-state index in [4.69, 9.17) is 17.3 Å². The average Bonchev–Trinajstić information content (AvgIpc) is 2.46. The molecule has 2 rings (SSSR count). The number of aromatic nitrogens is 1. The van der Waals surface area contributed by atoms with Crippen LogP contribution in [0, 0.1) is 0 Å². The van der Waals surface area contributed by atoms with Crippen molar-refractivity contribution in [2.24, 2.45) is 5.73 Å². The van der Waals surface area contributed by atoms with Crippen LogP contribution in [0.15, 0.2) is 42.5 Å². The lowest BCUT2D eigenvalue weighted by molar-refractivity contribution is 0.670. The molecule has 0 saturated carbocycles. The van der Waals surface area contributed by atoms with Gasteiger partial charge in [-0.2, -0.15) is 0 Å². The van der Waals surface area contributed by atoms with Gasteiger partial charge < -0.3 is 10.6 Å². The first-order valence-electron chi connectivity index (χ1n) is 6.78. The number of hydrogen-bond donors (Lipinski definition) is 1. The second-order valence-corrected chi connectivity index (χ2v) is 5.42. The molecule has 0 saturated heterocycles. The molecule has 0 amide bonds. The molecular weight excluding hydrogens is 270 g/mol. The molecule has 0 aliphatic heterocycles. The highest BCUT2D eigenvalue weighted by Gasteiger charge is 2.14. The molecule has 0 aliphatic carbocycles. The van der Waals surface area contributed by atoms with E-state index >= 15 is 0 Å². The standard InChI is InChI=1S/C16H20ClN3/c1-12(2)20(11-13-6-4-3-5-7-13)16-9-8-14(17)15(10-18)19-16/h3-9,12H,10-11,18H2,1-2H3. The Balaban J connectivity index is 2.29. The van der Waals surface area contributed by atoms with Crippen molar-refractivity contribution in [1.82, 2.24) is 4.98 Å². The summed E-state index contributed by atoms with van der Waals surface area (Å²) in [6.45, 7) is 5.48. The Morgan fingerprint density at radius 2 is 1.85 bits per heavy atom. The minimum absolute atomic E-state index is 0.342. The summed E-state index contributed by atoms with van der Waals surface area (Å²) in [6.07, 6.45) is 0. The number of anilines is 1. The van der Waals surface area contributed by atoms with Gasteiger partial charge in [0.2, 0.25) is 0 Å². The van der Waals surface area contributed by atoms with Crippen LogP contribution in [0.2, 0.25) is 5.02 Å². The summed E-state index contributed by atoms with van der Waals surface area (Å²) in [4.78, 5) is 6.82. The molecule has 106 valence electrons. The monoisotopic (exact) mass is 289 g/mol. The van der Waals surface area contributed by atoms with Crippen LogP contribution in [0.5, 0.6) is 0 Å². The minimum atomic E-state index is 0.342. The van der Waals surface area contributed by atoms with Crippen molar-refractivity contribution in [2.75, 3.05) is 4.90 Å². The third-order valence-electron chi connectivity index (χ3n) is 3.21. The lowest BCUT2D eigenvalue weighted by Gasteiger charge is -2.28. The molecule has 2 N–H and O–H groups in total. The van der Waals surface area contributed by atoms with E-state index in [1.807, 2.05) is 18.2 Å². The first-order chi connectivity index (χ1) is 9.61. The third-order valence-corrected chi connectivity index (χ3v) is 3.55. The van der Waals surface area contributed by atoms with Crippen LogP contribution in [0.25, 0.3) is 0 Å². The van der Waals surface area contributed by atoms with Crippen molar-refractivity contribution in [1.29, 1.82) is 0 Å². The summed E-state index contributed by atoms with van der Waals surface area (Å²) in [5.41, 5.74) is 7.68. The van der Waals surface area contributed by atoms with Gasteiger partial charge in [-0.1, -0.05) is 41.9 Å². The Bertz CT molecular complexity index is 555. The molecule has 4 heteroatoms. The van der Waals surface area contributed by atoms with Crippen LogP contribution in [0.3, 0.4) is 0 Å². The van der Waals surface area contributed by atoms with E-state index in [0.717, 1.165) is 18.1 Å². The fourth-order valence-corrected chi connectivity index (χ4v) is 2.27. The number of rotatable bonds is 5. The van der Waals surface area contributed by atoms with Gasteiger partial charge in [-0.05, 0) is 31.5 Å². The summed E-state index contributed by atoms with van der Waals surface area (Å²) in [7, 11) is 0. The summed E-state index contributed by atoms with van der Waals surface area (Å²) in [5.74, 6) is 0.911. The fourth-order valence-electron chi connectivity index (χ4n) is 2.08. The summed E-state index contributed by atoms with van der Waals surface area (Å²) in [6, 6.07) is 14.5.